The van der Waals surface area contributed by atoms with Crippen molar-refractivity contribution in [1.82, 2.24) is 0 Å². The van der Waals surface area contributed by atoms with Crippen molar-refractivity contribution in [3.8, 4) is 6.07 Å². The summed E-state index contributed by atoms with van der Waals surface area (Å²) in [5.74, 6) is -0.750. The highest BCUT2D eigenvalue weighted by Gasteiger charge is 2.27. The first-order valence-electron chi connectivity index (χ1n) is 7.11. The maximum Gasteiger partial charge on any atom is 0.309 e. The van der Waals surface area contributed by atoms with Gasteiger partial charge in [0.05, 0.1) is 17.6 Å². The van der Waals surface area contributed by atoms with E-state index < -0.39 is 12.0 Å². The second kappa shape index (κ2) is 6.89. The molecule has 1 aromatic rings. The number of anilines is 1. The summed E-state index contributed by atoms with van der Waals surface area (Å²) in [6.45, 7) is 1.55. The van der Waals surface area contributed by atoms with Crippen molar-refractivity contribution in [3.63, 3.8) is 0 Å². The average molecular weight is 286 g/mol. The van der Waals surface area contributed by atoms with Crippen LogP contribution in [0, 0.1) is 17.2 Å². The van der Waals surface area contributed by atoms with Gasteiger partial charge < -0.3 is 10.1 Å². The van der Waals surface area contributed by atoms with E-state index in [1.165, 1.54) is 0 Å². The molecular formula is C16H18N2O3. The van der Waals surface area contributed by atoms with E-state index in [4.69, 9.17) is 10.00 Å². The molecule has 1 amide bonds. The highest BCUT2D eigenvalue weighted by molar-refractivity contribution is 5.95. The molecule has 0 unspecified atom stereocenters. The van der Waals surface area contributed by atoms with Crippen LogP contribution in [-0.2, 0) is 14.3 Å². The number of carbonyl (C=O) groups excluding carboxylic acids is 2. The van der Waals surface area contributed by atoms with Gasteiger partial charge in [-0.1, -0.05) is 18.9 Å². The quantitative estimate of drug-likeness (QED) is 0.863. The highest BCUT2D eigenvalue weighted by atomic mass is 16.5. The molecule has 1 aromatic carbocycles. The van der Waals surface area contributed by atoms with Gasteiger partial charge in [-0.2, -0.15) is 5.26 Å². The minimum absolute atomic E-state index is 0.0674. The summed E-state index contributed by atoms with van der Waals surface area (Å²) in [7, 11) is 0. The first-order valence-corrected chi connectivity index (χ1v) is 7.11. The zero-order chi connectivity index (χ0) is 15.2. The fourth-order valence-corrected chi connectivity index (χ4v) is 2.40. The lowest BCUT2D eigenvalue weighted by Crippen LogP contribution is -2.31. The van der Waals surface area contributed by atoms with E-state index in [-0.39, 0.29) is 11.9 Å². The molecule has 0 aromatic heterocycles. The molecule has 0 radical (unpaired) electrons. The Hall–Kier alpha value is -2.35. The Morgan fingerprint density at radius 2 is 2.10 bits per heavy atom. The molecule has 1 saturated carbocycles. The van der Waals surface area contributed by atoms with Gasteiger partial charge in [0.2, 0.25) is 0 Å². The molecule has 1 atom stereocenters. The van der Waals surface area contributed by atoms with Crippen molar-refractivity contribution in [2.24, 2.45) is 5.92 Å². The lowest BCUT2D eigenvalue weighted by Gasteiger charge is -2.16. The Kier molecular flexibility index (Phi) is 4.94. The van der Waals surface area contributed by atoms with Crippen molar-refractivity contribution in [2.45, 2.75) is 38.7 Å². The van der Waals surface area contributed by atoms with Crippen LogP contribution in [0.3, 0.4) is 0 Å². The number of ether oxygens (including phenoxy) is 1. The molecule has 5 heteroatoms. The number of amides is 1. The van der Waals surface area contributed by atoms with Crippen LogP contribution in [0.2, 0.25) is 0 Å². The van der Waals surface area contributed by atoms with Crippen LogP contribution in [0.15, 0.2) is 24.3 Å². The molecule has 1 N–H and O–H groups in total. The SMILES string of the molecule is C[C@H](OC(=O)C1CCCC1)C(=O)Nc1cccc(C#N)c1. The second-order valence-electron chi connectivity index (χ2n) is 5.24. The zero-order valence-electron chi connectivity index (χ0n) is 12.0. The van der Waals surface area contributed by atoms with Gasteiger partial charge in [0.15, 0.2) is 6.10 Å². The number of nitrogens with zero attached hydrogens (tertiary/aromatic N) is 1. The summed E-state index contributed by atoms with van der Waals surface area (Å²) in [6.07, 6.45) is 2.93. The Morgan fingerprint density at radius 3 is 2.76 bits per heavy atom. The second-order valence-corrected chi connectivity index (χ2v) is 5.24. The van der Waals surface area contributed by atoms with E-state index in [9.17, 15) is 9.59 Å². The number of esters is 1. The minimum Gasteiger partial charge on any atom is -0.452 e. The molecule has 1 fully saturated rings. The molecule has 1 aliphatic carbocycles. The van der Waals surface area contributed by atoms with Gasteiger partial charge in [0.1, 0.15) is 0 Å². The summed E-state index contributed by atoms with van der Waals surface area (Å²) in [5, 5.41) is 11.5. The number of nitrogens with one attached hydrogen (secondary N) is 1. The van der Waals surface area contributed by atoms with Crippen LogP contribution in [-0.4, -0.2) is 18.0 Å². The van der Waals surface area contributed by atoms with Crippen LogP contribution < -0.4 is 5.32 Å². The summed E-state index contributed by atoms with van der Waals surface area (Å²) >= 11 is 0. The maximum absolute atomic E-state index is 12.0. The first kappa shape index (κ1) is 15.0. The maximum atomic E-state index is 12.0. The van der Waals surface area contributed by atoms with Crippen molar-refractivity contribution in [1.29, 1.82) is 5.26 Å². The Morgan fingerprint density at radius 1 is 1.38 bits per heavy atom. The zero-order valence-corrected chi connectivity index (χ0v) is 12.0. The summed E-state index contributed by atoms with van der Waals surface area (Å²) in [5.41, 5.74) is 0.978. The van der Waals surface area contributed by atoms with Crippen molar-refractivity contribution in [3.05, 3.63) is 29.8 Å². The first-order chi connectivity index (χ1) is 10.1. The van der Waals surface area contributed by atoms with Crippen molar-refractivity contribution < 1.29 is 14.3 Å². The number of carbonyl (C=O) groups is 2. The van der Waals surface area contributed by atoms with Gasteiger partial charge >= 0.3 is 5.97 Å². The third-order valence-electron chi connectivity index (χ3n) is 3.61. The van der Waals surface area contributed by atoms with E-state index in [1.54, 1.807) is 31.2 Å². The van der Waals surface area contributed by atoms with Crippen molar-refractivity contribution in [2.75, 3.05) is 5.32 Å². The van der Waals surface area contributed by atoms with Gasteiger partial charge in [0, 0.05) is 5.69 Å². The number of hydrogen-bond acceptors (Lipinski definition) is 4. The fraction of sp³-hybridized carbons (Fsp3) is 0.438. The smallest absolute Gasteiger partial charge is 0.309 e. The molecule has 0 saturated heterocycles. The summed E-state index contributed by atoms with van der Waals surface area (Å²) in [6, 6.07) is 8.60. The largest absolute Gasteiger partial charge is 0.452 e. The Balaban J connectivity index is 1.90. The average Bonchev–Trinajstić information content (AvgIpc) is 3.01. The molecule has 0 bridgehead atoms. The molecule has 21 heavy (non-hydrogen) atoms. The lowest BCUT2D eigenvalue weighted by atomic mass is 10.1. The number of nitriles is 1. The molecule has 2 rings (SSSR count). The van der Waals surface area contributed by atoms with Gasteiger partial charge in [-0.3, -0.25) is 9.59 Å². The predicted octanol–water partition coefficient (Wildman–Crippen LogP) is 2.62. The number of hydrogen-bond donors (Lipinski definition) is 1. The van der Waals surface area contributed by atoms with Crippen LogP contribution in [0.5, 0.6) is 0 Å². The van der Waals surface area contributed by atoms with Gasteiger partial charge in [-0.15, -0.1) is 0 Å². The lowest BCUT2D eigenvalue weighted by molar-refractivity contribution is -0.157. The molecular weight excluding hydrogens is 268 g/mol. The third kappa shape index (κ3) is 4.06. The molecule has 0 heterocycles. The van der Waals surface area contributed by atoms with Crippen molar-refractivity contribution >= 4 is 17.6 Å². The van der Waals surface area contributed by atoms with Crippen LogP contribution in [0.4, 0.5) is 5.69 Å². The molecule has 1 aliphatic rings. The Labute approximate surface area is 123 Å². The van der Waals surface area contributed by atoms with E-state index in [0.29, 0.717) is 11.3 Å². The predicted molar refractivity (Wildman–Crippen MR) is 77.3 cm³/mol. The monoisotopic (exact) mass is 286 g/mol. The summed E-state index contributed by atoms with van der Waals surface area (Å²) < 4.78 is 5.21. The minimum atomic E-state index is -0.844. The Bertz CT molecular complexity index is 571. The highest BCUT2D eigenvalue weighted by Crippen LogP contribution is 2.26. The van der Waals surface area contributed by atoms with Crippen LogP contribution >= 0.6 is 0 Å². The van der Waals surface area contributed by atoms with E-state index in [0.717, 1.165) is 25.7 Å². The van der Waals surface area contributed by atoms with E-state index >= 15 is 0 Å². The van der Waals surface area contributed by atoms with E-state index in [2.05, 4.69) is 5.32 Å². The number of rotatable bonds is 4. The van der Waals surface area contributed by atoms with Gasteiger partial charge in [0.25, 0.3) is 5.91 Å². The molecule has 0 aliphatic heterocycles. The normalized spacial score (nSPS) is 16.0. The molecule has 5 nitrogen and oxygen atoms in total. The topological polar surface area (TPSA) is 79.2 Å². The van der Waals surface area contributed by atoms with Crippen LogP contribution in [0.1, 0.15) is 38.2 Å². The van der Waals surface area contributed by atoms with E-state index in [1.807, 2.05) is 6.07 Å². The number of benzene rings is 1. The molecule has 110 valence electrons. The third-order valence-corrected chi connectivity index (χ3v) is 3.61. The molecule has 0 spiro atoms. The van der Waals surface area contributed by atoms with Gasteiger partial charge in [-0.05, 0) is 38.0 Å². The fourth-order valence-electron chi connectivity index (χ4n) is 2.40. The van der Waals surface area contributed by atoms with Crippen LogP contribution in [0.25, 0.3) is 0 Å². The summed E-state index contributed by atoms with van der Waals surface area (Å²) in [4.78, 5) is 23.9. The van der Waals surface area contributed by atoms with Gasteiger partial charge in [-0.25, -0.2) is 0 Å². The standard InChI is InChI=1S/C16H18N2O3/c1-11(21-16(20)13-6-2-3-7-13)15(19)18-14-8-4-5-12(9-14)10-17/h4-5,8-9,11,13H,2-3,6-7H2,1H3,(H,18,19)/t11-/m0/s1.